The zero-order chi connectivity index (χ0) is 86.1. The number of hydrogen-bond acceptors (Lipinski definition) is 47. The SMILES string of the molecule is CC(=O)N[C@H]1[C@H](OCCN)O[C@H](CO)[C@@H](O)[C@@H]1O[C@@H]1O[C@@H](C)[C@H](O[C@H]2O[C@H](CO)[C@@H](O)[C@H](O)[C@H]2O)[C@@H](O[C@@H]2O[C@@H](C)[C@H](O)[C@@H](O)[C@H]2O[C@@H]2O[C@@H](C)[C@H](O)[C@@H](O)[C@H]2O[C@@H]2O[C@H](COC(C)=O)[C@@H](O)[C@H](O[C@@H]3O[C@@H](C)[C@H](O[C@H]4O[C@H](CO)[C@@H](O)[C@H](O)[C@H]4O)[C@@H](O[C@@H]4O[C@@H](C)[C@H](O)[C@@H](O)[C@H]4O[C@@H]4O[C@@H](C)[C@H](O)[C@@H](O)[C@H]4O)[C@H]3O)[C@H]2NC(C)=O)[C@H]1O. The summed E-state index contributed by atoms with van der Waals surface area (Å²) in [5.74, 6) is -2.68. The standard InChI is InChI=1S/C68H115N3O46/c1-16-31(78)39(86)45(92)61(99-16)116-57-43(90)33(80)17(2)100-66(57)113-54-49(96)65(104-21(6)50(54)109-62-46(93)40(87)35(82)25(12-72)106-62)112-53-30(71-23(8)76)60(108-28(38(53)85)15-98-24(9)77)115-56-42(89)32(79)19(4)102-68(56)117-58-44(91)34(81)18(3)101-67(58)114-55-48(95)64(103-20(5)51(55)110-63-47(94)41(88)36(83)26(13-73)107-63)111-52-29(70-22(7)75)59(97-11-10-69)105-27(14-74)37(52)84/h16-21,25-68,72-74,78-96H,10-15,69H2,1-9H3,(H,70,75)(H,71,76)/t16-,17-,18-,19-,20-,21-,25+,26+,27+,28+,29+,30+,31-,32-,33-,34-,35+,36+,37+,38+,39+,40-,41-,42+,43+,44+,45+,46+,47+,48+,49+,50-,51-,52+,53+,54-,55-,56+,57+,58+,59+,60-,61-,62+,63+,64-,65-,66-,67-,68-/m0/s1. The average molecular weight is 1710 g/mol. The van der Waals surface area contributed by atoms with Gasteiger partial charge in [-0.1, -0.05) is 0 Å². The fourth-order valence-electron chi connectivity index (χ4n) is 15.4. The zero-order valence-electron chi connectivity index (χ0n) is 64.8. The third-order valence-electron chi connectivity index (χ3n) is 22.1. The number of nitrogens with two attached hydrogens (primary N) is 1. The van der Waals surface area contributed by atoms with E-state index in [0.717, 1.165) is 20.8 Å². The minimum absolute atomic E-state index is 0.0863. The Morgan fingerprint density at radius 1 is 0.282 bits per heavy atom. The first kappa shape index (κ1) is 95.9. The van der Waals surface area contributed by atoms with E-state index in [1.807, 2.05) is 0 Å². The lowest BCUT2D eigenvalue weighted by atomic mass is 9.94. The van der Waals surface area contributed by atoms with Crippen molar-refractivity contribution in [2.75, 3.05) is 39.6 Å². The van der Waals surface area contributed by atoms with Gasteiger partial charge in [-0.3, -0.25) is 14.4 Å². The molecule has 0 aliphatic carbocycles. The third kappa shape index (κ3) is 21.1. The summed E-state index contributed by atoms with van der Waals surface area (Å²) in [6.45, 7) is 6.60. The van der Waals surface area contributed by atoms with Gasteiger partial charge >= 0.3 is 5.97 Å². The van der Waals surface area contributed by atoms with Gasteiger partial charge in [-0.15, -0.1) is 0 Å². The molecular weight excluding hydrogens is 1590 g/mol. The van der Waals surface area contributed by atoms with E-state index in [-0.39, 0.29) is 13.2 Å². The van der Waals surface area contributed by atoms with Gasteiger partial charge in [0.1, 0.15) is 214 Å². The Morgan fingerprint density at radius 2 is 0.556 bits per heavy atom. The monoisotopic (exact) mass is 1710 g/mol. The minimum atomic E-state index is -2.40. The van der Waals surface area contributed by atoms with E-state index in [1.165, 1.54) is 41.5 Å². The van der Waals surface area contributed by atoms with Crippen molar-refractivity contribution >= 4 is 17.8 Å². The number of amides is 2. The molecule has 678 valence electrons. The number of hydrogen-bond donors (Lipinski definition) is 25. The van der Waals surface area contributed by atoms with Crippen molar-refractivity contribution in [3.05, 3.63) is 0 Å². The van der Waals surface area contributed by atoms with Crippen LogP contribution in [0.3, 0.4) is 0 Å². The molecule has 0 aromatic carbocycles. The molecule has 10 saturated heterocycles. The smallest absolute Gasteiger partial charge is 0.302 e. The molecule has 49 heteroatoms. The second-order valence-electron chi connectivity index (χ2n) is 30.6. The minimum Gasteiger partial charge on any atom is -0.463 e. The van der Waals surface area contributed by atoms with Gasteiger partial charge in [0.25, 0.3) is 0 Å². The lowest BCUT2D eigenvalue weighted by Gasteiger charge is -2.52. The van der Waals surface area contributed by atoms with Crippen LogP contribution in [-0.4, -0.2) is 477 Å². The quantitative estimate of drug-likeness (QED) is 0.0324. The van der Waals surface area contributed by atoms with E-state index in [2.05, 4.69) is 10.6 Å². The maximum atomic E-state index is 13.6. The molecule has 10 heterocycles. The number of carbonyl (C=O) groups is 3. The zero-order valence-corrected chi connectivity index (χ0v) is 64.8. The topological polar surface area (TPSA) is 740 Å². The highest BCUT2D eigenvalue weighted by Crippen LogP contribution is 2.42. The van der Waals surface area contributed by atoms with Crippen LogP contribution in [0.4, 0.5) is 0 Å². The van der Waals surface area contributed by atoms with Gasteiger partial charge in [-0.25, -0.2) is 0 Å². The maximum absolute atomic E-state index is 13.6. The van der Waals surface area contributed by atoms with Crippen LogP contribution in [0.2, 0.25) is 0 Å². The molecule has 0 aromatic heterocycles. The molecule has 50 atom stereocenters. The molecule has 0 aromatic rings. The second kappa shape index (κ2) is 41.2. The summed E-state index contributed by atoms with van der Waals surface area (Å²) in [6.07, 6.45) is -93.0. The van der Waals surface area contributed by atoms with Crippen LogP contribution in [0.15, 0.2) is 0 Å². The van der Waals surface area contributed by atoms with Crippen LogP contribution in [0.5, 0.6) is 0 Å². The van der Waals surface area contributed by atoms with E-state index >= 15 is 0 Å². The Balaban J connectivity index is 0.988. The molecule has 10 fully saturated rings. The lowest BCUT2D eigenvalue weighted by molar-refractivity contribution is -0.411. The van der Waals surface area contributed by atoms with E-state index in [1.54, 1.807) is 0 Å². The average Bonchev–Trinajstić information content (AvgIpc) is 0.722. The first-order valence-corrected chi connectivity index (χ1v) is 38.4. The van der Waals surface area contributed by atoms with Crippen LogP contribution in [0.25, 0.3) is 0 Å². The summed E-state index contributed by atoms with van der Waals surface area (Å²) in [4.78, 5) is 39.0. The van der Waals surface area contributed by atoms with Crippen molar-refractivity contribution in [3.8, 4) is 0 Å². The highest BCUT2D eigenvalue weighted by molar-refractivity contribution is 5.73. The van der Waals surface area contributed by atoms with E-state index in [4.69, 9.17) is 105 Å². The van der Waals surface area contributed by atoms with Gasteiger partial charge in [0.2, 0.25) is 11.8 Å². The predicted molar refractivity (Wildman–Crippen MR) is 367 cm³/mol. The molecule has 26 N–H and O–H groups in total. The molecule has 0 spiro atoms. The molecule has 0 unspecified atom stereocenters. The number of carbonyl (C=O) groups excluding carboxylic acids is 3. The summed E-state index contributed by atoms with van der Waals surface area (Å²) in [6, 6.07) is -3.49. The van der Waals surface area contributed by atoms with Crippen LogP contribution in [-0.2, 0) is 114 Å². The molecule has 0 saturated carbocycles. The van der Waals surface area contributed by atoms with Gasteiger partial charge in [-0.05, 0) is 41.5 Å². The summed E-state index contributed by atoms with van der Waals surface area (Å²) in [5, 5.41) is 254. The first-order valence-electron chi connectivity index (χ1n) is 38.4. The fourth-order valence-corrected chi connectivity index (χ4v) is 15.4. The number of esters is 1. The lowest BCUT2D eigenvalue weighted by Crippen LogP contribution is -2.71. The Labute approximate surface area is 667 Å². The molecule has 0 radical (unpaired) electrons. The number of ether oxygens (including phenoxy) is 21. The second-order valence-corrected chi connectivity index (χ2v) is 30.6. The summed E-state index contributed by atoms with van der Waals surface area (Å²) < 4.78 is 128. The van der Waals surface area contributed by atoms with Gasteiger partial charge in [0.05, 0.1) is 63.1 Å². The van der Waals surface area contributed by atoms with E-state index < -0.39 is 351 Å². The molecule has 117 heavy (non-hydrogen) atoms. The van der Waals surface area contributed by atoms with Crippen LogP contribution in [0.1, 0.15) is 62.3 Å². The van der Waals surface area contributed by atoms with E-state index in [0.29, 0.717) is 0 Å². The Kier molecular flexibility index (Phi) is 33.8. The van der Waals surface area contributed by atoms with Crippen LogP contribution >= 0.6 is 0 Å². The van der Waals surface area contributed by atoms with Gasteiger partial charge in [0.15, 0.2) is 62.9 Å². The van der Waals surface area contributed by atoms with Crippen molar-refractivity contribution in [1.29, 1.82) is 0 Å². The maximum Gasteiger partial charge on any atom is 0.302 e. The van der Waals surface area contributed by atoms with Crippen LogP contribution in [0, 0.1) is 0 Å². The highest BCUT2D eigenvalue weighted by atomic mass is 16.8. The van der Waals surface area contributed by atoms with E-state index in [9.17, 15) is 127 Å². The fraction of sp³-hybridized carbons (Fsp3) is 0.956. The normalized spacial score (nSPS) is 51.4. The van der Waals surface area contributed by atoms with Crippen molar-refractivity contribution in [3.63, 3.8) is 0 Å². The summed E-state index contributed by atoms with van der Waals surface area (Å²) in [7, 11) is 0. The predicted octanol–water partition coefficient (Wildman–Crippen LogP) is -15.8. The van der Waals surface area contributed by atoms with Crippen LogP contribution < -0.4 is 16.4 Å². The molecule has 10 aliphatic rings. The molecular formula is C68H115N3O46. The molecule has 2 amide bonds. The molecule has 0 bridgehead atoms. The Bertz CT molecular complexity index is 3120. The Morgan fingerprint density at radius 3 is 0.932 bits per heavy atom. The molecule has 10 aliphatic heterocycles. The largest absolute Gasteiger partial charge is 0.463 e. The summed E-state index contributed by atoms with van der Waals surface area (Å²) in [5.41, 5.74) is 5.71. The number of nitrogens with one attached hydrogen (secondary N) is 2. The third-order valence-corrected chi connectivity index (χ3v) is 22.1. The molecule has 49 nitrogen and oxygen atoms in total. The van der Waals surface area contributed by atoms with Crippen molar-refractivity contribution in [1.82, 2.24) is 10.6 Å². The van der Waals surface area contributed by atoms with Gasteiger partial charge in [-0.2, -0.15) is 0 Å². The number of rotatable bonds is 28. The van der Waals surface area contributed by atoms with Gasteiger partial charge < -0.3 is 228 Å². The van der Waals surface area contributed by atoms with Crippen molar-refractivity contribution in [2.24, 2.45) is 5.73 Å². The highest BCUT2D eigenvalue weighted by Gasteiger charge is 2.62. The number of aliphatic hydroxyl groups is 22. The molecule has 10 rings (SSSR count). The first-order chi connectivity index (χ1) is 55.2. The van der Waals surface area contributed by atoms with Crippen molar-refractivity contribution in [2.45, 2.75) is 369 Å². The number of aliphatic hydroxyl groups excluding tert-OH is 22. The van der Waals surface area contributed by atoms with Gasteiger partial charge in [0, 0.05) is 27.3 Å². The summed E-state index contributed by atoms with van der Waals surface area (Å²) >= 11 is 0. The van der Waals surface area contributed by atoms with Crippen molar-refractivity contribution < 1.29 is 226 Å². The Hall–Kier alpha value is -3.31.